The van der Waals surface area contributed by atoms with Gasteiger partial charge in [0.15, 0.2) is 34.6 Å². The first kappa shape index (κ1) is 37.7. The van der Waals surface area contributed by atoms with Crippen LogP contribution in [0.4, 0.5) is 0 Å². The quantitative estimate of drug-likeness (QED) is 0.0596. The Balaban J connectivity index is 1.70. The van der Waals surface area contributed by atoms with Gasteiger partial charge in [-0.1, -0.05) is 24.3 Å². The molecule has 0 saturated carbocycles. The molecule has 0 atom stereocenters. The second-order valence-electron chi connectivity index (χ2n) is 9.72. The lowest BCUT2D eigenvalue weighted by Gasteiger charge is -2.10. The van der Waals surface area contributed by atoms with Gasteiger partial charge in [0.25, 0.3) is 0 Å². The largest absolute Gasteiger partial charge is 0.504 e. The molecule has 1 amide bonds. The second-order valence-corrected chi connectivity index (χ2v) is 9.72. The first-order chi connectivity index (χ1) is 22.2. The first-order valence-corrected chi connectivity index (χ1v) is 14.9. The van der Waals surface area contributed by atoms with Crippen LogP contribution in [0.5, 0.6) is 23.0 Å². The average Bonchev–Trinajstić information content (AvgIpc) is 3.04. The normalized spacial score (nSPS) is 11.1. The number of phenolic OH excluding ortho intramolecular Hbond substituents is 1. The number of hydrogen-bond donors (Lipinski definition) is 2. The molecule has 0 spiro atoms. The van der Waals surface area contributed by atoms with Crippen LogP contribution in [0.2, 0.25) is 0 Å². The SMILES string of the molecule is CCOCCOCCOCCNC(=O)CCCC(=O)Oc1ccc(/C=C\C(=O)CC(=O)/C=C\c2ccc(O)c(OC)c2)cc1OC. The summed E-state index contributed by atoms with van der Waals surface area (Å²) in [5, 5.41) is 12.4. The van der Waals surface area contributed by atoms with Crippen molar-refractivity contribution in [1.29, 1.82) is 0 Å². The maximum absolute atomic E-state index is 12.3. The molecule has 250 valence electrons. The molecule has 0 saturated heterocycles. The number of phenols is 1. The predicted octanol–water partition coefficient (Wildman–Crippen LogP) is 3.93. The minimum Gasteiger partial charge on any atom is -0.504 e. The number of aromatic hydroxyl groups is 1. The number of carbonyl (C=O) groups is 4. The Morgan fingerprint density at radius 2 is 1.33 bits per heavy atom. The predicted molar refractivity (Wildman–Crippen MR) is 171 cm³/mol. The third-order valence-corrected chi connectivity index (χ3v) is 6.19. The Morgan fingerprint density at radius 1 is 0.739 bits per heavy atom. The fourth-order valence-corrected chi connectivity index (χ4v) is 3.84. The van der Waals surface area contributed by atoms with Gasteiger partial charge < -0.3 is 38.8 Å². The molecule has 0 aliphatic rings. The Hall–Kier alpha value is -4.52. The van der Waals surface area contributed by atoms with Crippen molar-refractivity contribution < 1.29 is 52.7 Å². The van der Waals surface area contributed by atoms with E-state index in [-0.39, 0.29) is 54.0 Å². The molecule has 12 nitrogen and oxygen atoms in total. The molecule has 2 aromatic rings. The van der Waals surface area contributed by atoms with Crippen LogP contribution in [0, 0.1) is 0 Å². The topological polar surface area (TPSA) is 156 Å². The third kappa shape index (κ3) is 15.5. The van der Waals surface area contributed by atoms with E-state index in [1.165, 1.54) is 50.7 Å². The number of benzene rings is 2. The number of nitrogens with one attached hydrogen (secondary N) is 1. The van der Waals surface area contributed by atoms with Gasteiger partial charge >= 0.3 is 5.97 Å². The van der Waals surface area contributed by atoms with E-state index in [0.717, 1.165) is 0 Å². The van der Waals surface area contributed by atoms with Crippen molar-refractivity contribution in [3.05, 3.63) is 59.7 Å². The van der Waals surface area contributed by atoms with E-state index in [4.69, 9.17) is 28.4 Å². The van der Waals surface area contributed by atoms with Crippen LogP contribution in [-0.2, 0) is 33.4 Å². The molecule has 2 aromatic carbocycles. The minimum atomic E-state index is -0.519. The summed E-state index contributed by atoms with van der Waals surface area (Å²) in [4.78, 5) is 48.9. The third-order valence-electron chi connectivity index (χ3n) is 6.19. The average molecular weight is 642 g/mol. The van der Waals surface area contributed by atoms with Crippen molar-refractivity contribution in [3.63, 3.8) is 0 Å². The fraction of sp³-hybridized carbons (Fsp3) is 0.412. The molecule has 0 unspecified atom stereocenters. The summed E-state index contributed by atoms with van der Waals surface area (Å²) in [6.45, 7) is 5.23. The highest BCUT2D eigenvalue weighted by Gasteiger charge is 2.12. The summed E-state index contributed by atoms with van der Waals surface area (Å²) in [6.07, 6.45) is 5.81. The van der Waals surface area contributed by atoms with Crippen LogP contribution < -0.4 is 19.5 Å². The number of esters is 1. The fourth-order valence-electron chi connectivity index (χ4n) is 3.84. The number of ether oxygens (including phenoxy) is 6. The highest BCUT2D eigenvalue weighted by Crippen LogP contribution is 2.29. The van der Waals surface area contributed by atoms with Crippen LogP contribution in [0.15, 0.2) is 48.6 Å². The number of methoxy groups -OCH3 is 2. The van der Waals surface area contributed by atoms with Gasteiger partial charge in [-0.3, -0.25) is 19.2 Å². The molecular weight excluding hydrogens is 598 g/mol. The van der Waals surface area contributed by atoms with Gasteiger partial charge in [0.1, 0.15) is 0 Å². The summed E-state index contributed by atoms with van der Waals surface area (Å²) in [6, 6.07) is 9.40. The zero-order valence-corrected chi connectivity index (χ0v) is 26.6. The monoisotopic (exact) mass is 641 g/mol. The molecule has 46 heavy (non-hydrogen) atoms. The Bertz CT molecular complexity index is 1340. The van der Waals surface area contributed by atoms with Crippen LogP contribution in [0.3, 0.4) is 0 Å². The molecule has 2 rings (SSSR count). The van der Waals surface area contributed by atoms with E-state index in [0.29, 0.717) is 63.7 Å². The molecule has 0 bridgehead atoms. The molecule has 0 aliphatic carbocycles. The summed E-state index contributed by atoms with van der Waals surface area (Å²) >= 11 is 0. The Kier molecular flexibility index (Phi) is 18.1. The zero-order valence-electron chi connectivity index (χ0n) is 26.6. The highest BCUT2D eigenvalue weighted by atomic mass is 16.6. The van der Waals surface area contributed by atoms with Gasteiger partial charge in [-0.15, -0.1) is 0 Å². The molecule has 0 aromatic heterocycles. The van der Waals surface area contributed by atoms with E-state index < -0.39 is 11.8 Å². The molecular formula is C34H43NO11. The maximum atomic E-state index is 12.3. The van der Waals surface area contributed by atoms with E-state index in [1.807, 2.05) is 6.92 Å². The summed E-state index contributed by atoms with van der Waals surface area (Å²) in [7, 11) is 2.84. The lowest BCUT2D eigenvalue weighted by atomic mass is 10.1. The van der Waals surface area contributed by atoms with Gasteiger partial charge in [0, 0.05) is 26.0 Å². The van der Waals surface area contributed by atoms with E-state index in [1.54, 1.807) is 24.3 Å². The van der Waals surface area contributed by atoms with Gasteiger partial charge in [0.05, 0.1) is 53.7 Å². The summed E-state index contributed by atoms with van der Waals surface area (Å²) in [5.74, 6) is -0.764. The molecule has 0 aliphatic heterocycles. The number of allylic oxidation sites excluding steroid dienone is 2. The smallest absolute Gasteiger partial charge is 0.311 e. The first-order valence-electron chi connectivity index (χ1n) is 14.9. The zero-order chi connectivity index (χ0) is 33.6. The van der Waals surface area contributed by atoms with E-state index >= 15 is 0 Å². The van der Waals surface area contributed by atoms with Crippen molar-refractivity contribution in [2.24, 2.45) is 0 Å². The van der Waals surface area contributed by atoms with Crippen molar-refractivity contribution in [3.8, 4) is 23.0 Å². The Labute approximate surface area is 269 Å². The van der Waals surface area contributed by atoms with Gasteiger partial charge in [-0.25, -0.2) is 0 Å². The number of ketones is 2. The lowest BCUT2D eigenvalue weighted by Crippen LogP contribution is -2.27. The second kappa shape index (κ2) is 22.1. The van der Waals surface area contributed by atoms with Gasteiger partial charge in [-0.2, -0.15) is 0 Å². The molecule has 0 radical (unpaired) electrons. The van der Waals surface area contributed by atoms with Crippen molar-refractivity contribution in [1.82, 2.24) is 5.32 Å². The van der Waals surface area contributed by atoms with E-state index in [9.17, 15) is 24.3 Å². The summed E-state index contributed by atoms with van der Waals surface area (Å²) in [5.41, 5.74) is 1.23. The van der Waals surface area contributed by atoms with Crippen LogP contribution in [-0.4, -0.2) is 89.0 Å². The summed E-state index contributed by atoms with van der Waals surface area (Å²) < 4.78 is 31.7. The van der Waals surface area contributed by atoms with Crippen molar-refractivity contribution in [2.75, 3.05) is 60.4 Å². The van der Waals surface area contributed by atoms with Crippen LogP contribution in [0.1, 0.15) is 43.7 Å². The van der Waals surface area contributed by atoms with Crippen molar-refractivity contribution >= 4 is 35.6 Å². The van der Waals surface area contributed by atoms with Gasteiger partial charge in [-0.05, 0) is 60.9 Å². The lowest BCUT2D eigenvalue weighted by molar-refractivity contribution is -0.134. The van der Waals surface area contributed by atoms with Crippen LogP contribution in [0.25, 0.3) is 12.2 Å². The van der Waals surface area contributed by atoms with Crippen molar-refractivity contribution in [2.45, 2.75) is 32.6 Å². The number of hydrogen-bond acceptors (Lipinski definition) is 11. The number of rotatable bonds is 23. The Morgan fingerprint density at radius 3 is 1.96 bits per heavy atom. The number of carbonyl (C=O) groups excluding carboxylic acids is 4. The van der Waals surface area contributed by atoms with Crippen LogP contribution >= 0.6 is 0 Å². The molecule has 0 heterocycles. The molecule has 0 fully saturated rings. The maximum Gasteiger partial charge on any atom is 0.311 e. The highest BCUT2D eigenvalue weighted by molar-refractivity contribution is 6.10. The standard InChI is InChI=1S/C34H43NO11/c1-4-43-18-19-45-21-20-44-17-16-35-33(39)6-5-7-34(40)46-30-15-11-26(23-32(30)42-3)9-13-28(37)24-27(36)12-8-25-10-14-29(38)31(22-25)41-2/h8-15,22-23,38H,4-7,16-21,24H2,1-3H3,(H,35,39)/b12-8-,13-9-. The van der Waals surface area contributed by atoms with E-state index in [2.05, 4.69) is 5.32 Å². The number of amides is 1. The minimum absolute atomic E-state index is 0.0173. The molecule has 12 heteroatoms. The van der Waals surface area contributed by atoms with Gasteiger partial charge in [0.2, 0.25) is 5.91 Å². The molecule has 2 N–H and O–H groups in total.